The van der Waals surface area contributed by atoms with E-state index in [1.165, 1.54) is 44.1 Å². The molecule has 0 radical (unpaired) electrons. The molecule has 2 aliphatic rings. The van der Waals surface area contributed by atoms with E-state index in [4.69, 9.17) is 5.73 Å². The largest absolute Gasteiger partial charge is 0.328 e. The third-order valence-electron chi connectivity index (χ3n) is 6.26. The van der Waals surface area contributed by atoms with Gasteiger partial charge in [0.25, 0.3) is 0 Å². The lowest BCUT2D eigenvalue weighted by atomic mass is 9.91. The molecule has 0 aliphatic heterocycles. The van der Waals surface area contributed by atoms with Gasteiger partial charge in [-0.15, -0.1) is 0 Å². The van der Waals surface area contributed by atoms with Gasteiger partial charge in [0.15, 0.2) is 0 Å². The highest BCUT2D eigenvalue weighted by atomic mass is 16.1. The van der Waals surface area contributed by atoms with Crippen LogP contribution >= 0.6 is 0 Å². The van der Waals surface area contributed by atoms with Crippen LogP contribution in [0.15, 0.2) is 51.8 Å². The van der Waals surface area contributed by atoms with Gasteiger partial charge < -0.3 is 5.73 Å². The van der Waals surface area contributed by atoms with Gasteiger partial charge in [0.05, 0.1) is 17.1 Å². The Kier molecular flexibility index (Phi) is 14.2. The van der Waals surface area contributed by atoms with Crippen LogP contribution in [0, 0.1) is 5.92 Å². The first kappa shape index (κ1) is 29.6. The summed E-state index contributed by atoms with van der Waals surface area (Å²) in [6.45, 7) is 11.0. The Bertz CT molecular complexity index is 978. The van der Waals surface area contributed by atoms with Crippen LogP contribution in [0.1, 0.15) is 85.1 Å². The van der Waals surface area contributed by atoms with Crippen LogP contribution in [-0.2, 0) is 20.6 Å². The summed E-state index contributed by atoms with van der Waals surface area (Å²) < 4.78 is 3.27. The molecule has 0 saturated heterocycles. The number of aryl methyl sites for hydroxylation is 2. The molecule has 5 nitrogen and oxygen atoms in total. The first-order chi connectivity index (χ1) is 16.4. The van der Waals surface area contributed by atoms with E-state index < -0.39 is 0 Å². The van der Waals surface area contributed by atoms with E-state index in [-0.39, 0.29) is 5.69 Å². The lowest BCUT2D eigenvalue weighted by Crippen LogP contribution is -2.19. The van der Waals surface area contributed by atoms with E-state index in [1.54, 1.807) is 23.2 Å². The molecule has 4 rings (SSSR count). The van der Waals surface area contributed by atoms with E-state index in [0.29, 0.717) is 18.5 Å². The monoisotopic (exact) mass is 468 g/mol. The third-order valence-corrected chi connectivity index (χ3v) is 6.26. The number of hydrogen-bond donors (Lipinski definition) is 1. The van der Waals surface area contributed by atoms with Crippen molar-refractivity contribution in [2.24, 2.45) is 30.7 Å². The number of nitrogens with two attached hydrogens (primary N) is 1. The summed E-state index contributed by atoms with van der Waals surface area (Å²) in [5.74, 6) is 0.554. The van der Waals surface area contributed by atoms with Crippen molar-refractivity contribution in [2.45, 2.75) is 92.2 Å². The summed E-state index contributed by atoms with van der Waals surface area (Å²) in [4.78, 5) is 16.1. The summed E-state index contributed by atoms with van der Waals surface area (Å²) in [7, 11) is 3.54. The second-order valence-electron chi connectivity index (χ2n) is 8.89. The Labute approximate surface area is 207 Å². The van der Waals surface area contributed by atoms with Crippen molar-refractivity contribution in [3.63, 3.8) is 0 Å². The molecule has 34 heavy (non-hydrogen) atoms. The summed E-state index contributed by atoms with van der Waals surface area (Å²) in [5.41, 5.74) is 9.82. The Hall–Kier alpha value is -2.40. The molecule has 5 heteroatoms. The zero-order chi connectivity index (χ0) is 25.5. The first-order valence-corrected chi connectivity index (χ1v) is 13.1. The molecular formula is C29H48N4O. The SMILES string of the molecule is C1CCCCC1.CC.CCC=NC1C(C)=CC=CC1C.Cn1c(=O)n(C)c2cc(CN)ccc21. The predicted octanol–water partition coefficient (Wildman–Crippen LogP) is 6.69. The summed E-state index contributed by atoms with van der Waals surface area (Å²) in [6.07, 6.45) is 18.5. The minimum Gasteiger partial charge on any atom is -0.326 e. The van der Waals surface area contributed by atoms with Crippen molar-refractivity contribution in [3.8, 4) is 0 Å². The van der Waals surface area contributed by atoms with Gasteiger partial charge in [0.2, 0.25) is 0 Å². The smallest absolute Gasteiger partial charge is 0.326 e. The van der Waals surface area contributed by atoms with Crippen LogP contribution in [0.2, 0.25) is 0 Å². The van der Waals surface area contributed by atoms with Gasteiger partial charge >= 0.3 is 5.69 Å². The van der Waals surface area contributed by atoms with Gasteiger partial charge in [-0.2, -0.15) is 0 Å². The molecule has 2 N–H and O–H groups in total. The summed E-state index contributed by atoms with van der Waals surface area (Å²) in [6, 6.07) is 6.22. The highest BCUT2D eigenvalue weighted by molar-refractivity contribution is 5.76. The second-order valence-corrected chi connectivity index (χ2v) is 8.89. The molecule has 0 bridgehead atoms. The normalized spacial score (nSPS) is 19.4. The lowest BCUT2D eigenvalue weighted by molar-refractivity contribution is 0.504. The Balaban J connectivity index is 0.000000262. The maximum atomic E-state index is 11.6. The fourth-order valence-electron chi connectivity index (χ4n) is 4.21. The fourth-order valence-corrected chi connectivity index (χ4v) is 4.21. The molecule has 2 aliphatic carbocycles. The molecule has 2 unspecified atom stereocenters. The number of nitrogens with zero attached hydrogens (tertiary/aromatic N) is 3. The van der Waals surface area contributed by atoms with Gasteiger partial charge in [0, 0.05) is 26.6 Å². The van der Waals surface area contributed by atoms with Crippen molar-refractivity contribution in [1.82, 2.24) is 9.13 Å². The number of imidazole rings is 1. The summed E-state index contributed by atoms with van der Waals surface area (Å²) in [5, 5.41) is 0. The van der Waals surface area contributed by atoms with Crippen LogP contribution in [-0.4, -0.2) is 21.4 Å². The van der Waals surface area contributed by atoms with Gasteiger partial charge in [-0.3, -0.25) is 14.1 Å². The molecule has 1 aromatic heterocycles. The molecule has 2 aromatic rings. The molecule has 1 saturated carbocycles. The standard InChI is InChI=1S/C11H17N.C10H13N3O.C6H12.C2H6/c1-4-8-12-11-9(2)6-5-7-10(11)3;1-12-8-4-3-7(6-11)5-9(8)13(2)10(12)14;1-2-4-6-5-3-1;1-2/h5-9,11H,4H2,1-3H3;3-5H,6,11H2,1-2H3;1-6H2;1-2H3. The number of hydrogen-bond acceptors (Lipinski definition) is 3. The quantitative estimate of drug-likeness (QED) is 0.510. The average Bonchev–Trinajstić information content (AvgIpc) is 3.10. The van der Waals surface area contributed by atoms with Crippen LogP contribution < -0.4 is 11.4 Å². The first-order valence-electron chi connectivity index (χ1n) is 13.1. The van der Waals surface area contributed by atoms with Crippen molar-refractivity contribution in [2.75, 3.05) is 0 Å². The molecule has 1 heterocycles. The van der Waals surface area contributed by atoms with Crippen molar-refractivity contribution in [1.29, 1.82) is 0 Å². The van der Waals surface area contributed by atoms with Crippen LogP contribution in [0.5, 0.6) is 0 Å². The van der Waals surface area contributed by atoms with Crippen molar-refractivity contribution < 1.29 is 0 Å². The highest BCUT2D eigenvalue weighted by Crippen LogP contribution is 2.21. The lowest BCUT2D eigenvalue weighted by Gasteiger charge is -2.20. The predicted molar refractivity (Wildman–Crippen MR) is 150 cm³/mol. The van der Waals surface area contributed by atoms with Gasteiger partial charge in [0.1, 0.15) is 0 Å². The molecule has 2 atom stereocenters. The molecule has 1 aromatic carbocycles. The number of rotatable bonds is 3. The average molecular weight is 469 g/mol. The molecule has 0 amide bonds. The van der Waals surface area contributed by atoms with Gasteiger partial charge in [-0.1, -0.05) is 90.5 Å². The third kappa shape index (κ3) is 8.75. The van der Waals surface area contributed by atoms with Crippen LogP contribution in [0.3, 0.4) is 0 Å². The van der Waals surface area contributed by atoms with Crippen LogP contribution in [0.4, 0.5) is 0 Å². The van der Waals surface area contributed by atoms with E-state index in [1.807, 2.05) is 38.3 Å². The number of allylic oxidation sites excluding steroid dienone is 2. The minimum absolute atomic E-state index is 0.00540. The highest BCUT2D eigenvalue weighted by Gasteiger charge is 2.16. The number of fused-ring (bicyclic) bond motifs is 1. The Morgan fingerprint density at radius 3 is 2.09 bits per heavy atom. The van der Waals surface area contributed by atoms with Crippen molar-refractivity contribution in [3.05, 3.63) is 58.0 Å². The minimum atomic E-state index is -0.00540. The van der Waals surface area contributed by atoms with E-state index in [0.717, 1.165) is 23.0 Å². The zero-order valence-electron chi connectivity index (χ0n) is 22.7. The molecule has 1 fully saturated rings. The number of aromatic nitrogens is 2. The number of aliphatic imine (C=N–C) groups is 1. The maximum Gasteiger partial charge on any atom is 0.328 e. The van der Waals surface area contributed by atoms with Crippen LogP contribution in [0.25, 0.3) is 11.0 Å². The Morgan fingerprint density at radius 2 is 1.59 bits per heavy atom. The fraction of sp³-hybridized carbons (Fsp3) is 0.586. The second kappa shape index (κ2) is 16.3. The molecular weight excluding hydrogens is 420 g/mol. The maximum absolute atomic E-state index is 11.6. The summed E-state index contributed by atoms with van der Waals surface area (Å²) >= 11 is 0. The topological polar surface area (TPSA) is 65.3 Å². The Morgan fingerprint density at radius 1 is 1.03 bits per heavy atom. The molecule has 0 spiro atoms. The molecule has 190 valence electrons. The van der Waals surface area contributed by atoms with E-state index >= 15 is 0 Å². The zero-order valence-corrected chi connectivity index (χ0v) is 22.7. The van der Waals surface area contributed by atoms with Gasteiger partial charge in [-0.25, -0.2) is 4.79 Å². The number of benzene rings is 1. The van der Waals surface area contributed by atoms with Crippen molar-refractivity contribution >= 4 is 17.2 Å². The van der Waals surface area contributed by atoms with E-state index in [9.17, 15) is 4.79 Å². The van der Waals surface area contributed by atoms with Gasteiger partial charge in [-0.05, 0) is 42.8 Å². The van der Waals surface area contributed by atoms with E-state index in [2.05, 4.69) is 44.0 Å².